The molecule has 0 saturated heterocycles. The average Bonchev–Trinajstić information content (AvgIpc) is 2.12. The lowest BCUT2D eigenvalue weighted by molar-refractivity contribution is -0.147. The van der Waals surface area contributed by atoms with Crippen LogP contribution in [0.25, 0.3) is 0 Å². The van der Waals surface area contributed by atoms with Crippen molar-refractivity contribution in [2.45, 2.75) is 13.8 Å². The number of rotatable bonds is 5. The van der Waals surface area contributed by atoms with Crippen LogP contribution in [0.5, 0.6) is 0 Å². The van der Waals surface area contributed by atoms with Crippen molar-refractivity contribution < 1.29 is 29.4 Å². The number of hydrogen-bond donors (Lipinski definition) is 2. The predicted molar refractivity (Wildman–Crippen MR) is 60.5 cm³/mol. The zero-order chi connectivity index (χ0) is 13.1. The first-order chi connectivity index (χ1) is 7.33. The first-order valence-corrected chi connectivity index (χ1v) is 4.05. The number of carboxylic acids is 2. The summed E-state index contributed by atoms with van der Waals surface area (Å²) in [5.74, 6) is -2.62. The molecular weight excluding hydrogens is 230 g/mol. The van der Waals surface area contributed by atoms with Gasteiger partial charge in [0.25, 0.3) is 0 Å². The summed E-state index contributed by atoms with van der Waals surface area (Å²) in [7, 11) is 3.49. The topological polar surface area (TPSA) is 112 Å². The van der Waals surface area contributed by atoms with Crippen molar-refractivity contribution in [1.29, 1.82) is 0 Å². The molecule has 0 atom stereocenters. The highest BCUT2D eigenvalue weighted by molar-refractivity contribution is 5.98. The molecule has 17 heavy (non-hydrogen) atoms. The van der Waals surface area contributed by atoms with E-state index >= 15 is 0 Å². The molecule has 0 aliphatic carbocycles. The number of aliphatic carboxylic acids is 2. The third-order valence-corrected chi connectivity index (χ3v) is 0.982. The molecule has 0 heterocycles. The van der Waals surface area contributed by atoms with Gasteiger partial charge in [-0.1, -0.05) is 7.43 Å². The van der Waals surface area contributed by atoms with E-state index in [4.69, 9.17) is 10.2 Å². The molecule has 0 aromatic rings. The molecule has 0 aliphatic rings. The Morgan fingerprint density at radius 3 is 1.47 bits per heavy atom. The van der Waals surface area contributed by atoms with Crippen molar-refractivity contribution in [3.63, 3.8) is 0 Å². The van der Waals surface area contributed by atoms with E-state index in [9.17, 15) is 19.2 Å². The second kappa shape index (κ2) is 11.9. The fourth-order valence-corrected chi connectivity index (χ4v) is 0.516. The Morgan fingerprint density at radius 1 is 1.06 bits per heavy atom. The number of carbonyl (C=O) groups is 4. The van der Waals surface area contributed by atoms with E-state index in [0.717, 1.165) is 0 Å². The summed E-state index contributed by atoms with van der Waals surface area (Å²) in [6, 6.07) is 0. The molecule has 0 radical (unpaired) electrons. The van der Waals surface area contributed by atoms with Gasteiger partial charge in [-0.25, -0.2) is 0 Å². The van der Waals surface area contributed by atoms with Crippen molar-refractivity contribution in [3.05, 3.63) is 11.8 Å². The van der Waals surface area contributed by atoms with Crippen LogP contribution in [0.4, 0.5) is 0 Å². The second-order valence-electron chi connectivity index (χ2n) is 2.79. The third kappa shape index (κ3) is 20.0. The predicted octanol–water partition coefficient (Wildman–Crippen LogP) is 0.0115. The normalized spacial score (nSPS) is 7.41. The molecule has 0 fully saturated rings. The van der Waals surface area contributed by atoms with Gasteiger partial charge in [0.15, 0.2) is 12.6 Å². The van der Waals surface area contributed by atoms with E-state index in [2.05, 4.69) is 0 Å². The molecule has 98 valence electrons. The highest BCUT2D eigenvalue weighted by Gasteiger charge is 2.01. The van der Waals surface area contributed by atoms with Crippen molar-refractivity contribution in [3.8, 4) is 0 Å². The minimum absolute atomic E-state index is 0. The summed E-state index contributed by atoms with van der Waals surface area (Å²) in [6.45, 7) is 0. The summed E-state index contributed by atoms with van der Waals surface area (Å²) in [4.78, 5) is 40.4. The Balaban J connectivity index is -0.000000224. The van der Waals surface area contributed by atoms with Gasteiger partial charge < -0.3 is 15.1 Å². The Kier molecular flexibility index (Phi) is 14.2. The van der Waals surface area contributed by atoms with Crippen molar-refractivity contribution in [2.24, 2.45) is 0 Å². The lowest BCUT2D eigenvalue weighted by Crippen LogP contribution is -2.03. The second-order valence-corrected chi connectivity index (χ2v) is 2.79. The molecule has 0 spiro atoms. The maximum absolute atomic E-state index is 9.95. The van der Waals surface area contributed by atoms with Crippen LogP contribution in [0.3, 0.4) is 0 Å². The van der Waals surface area contributed by atoms with Gasteiger partial charge in [0.05, 0.1) is 5.57 Å². The smallest absolute Gasteiger partial charge is 0.314 e. The molecular formula is C10H17NO6. The van der Waals surface area contributed by atoms with Crippen LogP contribution in [0, 0.1) is 0 Å². The minimum atomic E-state index is -1.31. The monoisotopic (exact) mass is 247 g/mol. The molecule has 0 rings (SSSR count). The first kappa shape index (κ1) is 20.3. The summed E-state index contributed by atoms with van der Waals surface area (Å²) in [5.41, 5.74) is 0.153. The Bertz CT molecular complexity index is 273. The van der Waals surface area contributed by atoms with Crippen LogP contribution >= 0.6 is 0 Å². The maximum Gasteiger partial charge on any atom is 0.314 e. The molecule has 0 aliphatic heterocycles. The number of allylic oxidation sites excluding steroid dienone is 1. The molecule has 7 nitrogen and oxygen atoms in total. The number of aldehydes is 2. The van der Waals surface area contributed by atoms with Crippen LogP contribution in [0.1, 0.15) is 13.8 Å². The third-order valence-electron chi connectivity index (χ3n) is 0.982. The van der Waals surface area contributed by atoms with Crippen molar-refractivity contribution in [2.75, 3.05) is 14.1 Å². The van der Waals surface area contributed by atoms with Gasteiger partial charge in [-0.2, -0.15) is 0 Å². The molecule has 0 aromatic heterocycles. The highest BCUT2D eigenvalue weighted by Crippen LogP contribution is 1.84. The number of carbonyl (C=O) groups excluding carboxylic acids is 2. The number of carboxylic acid groups (broad SMARTS) is 2. The van der Waals surface area contributed by atoms with Gasteiger partial charge in [0.1, 0.15) is 6.42 Å². The zero-order valence-corrected chi connectivity index (χ0v) is 8.91. The highest BCUT2D eigenvalue weighted by atomic mass is 16.4. The lowest BCUT2D eigenvalue weighted by Gasteiger charge is -2.02. The minimum Gasteiger partial charge on any atom is -0.481 e. The molecule has 0 bridgehead atoms. The van der Waals surface area contributed by atoms with E-state index in [-0.39, 0.29) is 13.0 Å². The van der Waals surface area contributed by atoms with Crippen molar-refractivity contribution >= 4 is 24.5 Å². The summed E-state index contributed by atoms with van der Waals surface area (Å²) in [6.07, 6.45) is 1.69. The fourth-order valence-electron chi connectivity index (χ4n) is 0.516. The van der Waals surface area contributed by atoms with E-state index in [0.29, 0.717) is 12.6 Å². The Labute approximate surface area is 99.3 Å². The van der Waals surface area contributed by atoms with Gasteiger partial charge in [0.2, 0.25) is 0 Å². The average molecular weight is 247 g/mol. The molecule has 0 saturated carbocycles. The van der Waals surface area contributed by atoms with Gasteiger partial charge in [0, 0.05) is 20.3 Å². The Hall–Kier alpha value is -2.18. The Morgan fingerprint density at radius 2 is 1.41 bits per heavy atom. The molecule has 2 N–H and O–H groups in total. The van der Waals surface area contributed by atoms with E-state index < -0.39 is 18.4 Å². The largest absolute Gasteiger partial charge is 0.481 e. The van der Waals surface area contributed by atoms with E-state index in [1.54, 1.807) is 19.0 Å². The van der Waals surface area contributed by atoms with E-state index in [1.165, 1.54) is 6.20 Å². The first-order valence-electron chi connectivity index (χ1n) is 4.05. The lowest BCUT2D eigenvalue weighted by atomic mass is 10.3. The number of nitrogens with zero attached hydrogens (tertiary/aromatic N) is 1. The van der Waals surface area contributed by atoms with Gasteiger partial charge >= 0.3 is 11.9 Å². The van der Waals surface area contributed by atoms with Gasteiger partial charge in [-0.05, 0) is 0 Å². The zero-order valence-electron chi connectivity index (χ0n) is 8.91. The number of hydrogen-bond acceptors (Lipinski definition) is 5. The molecule has 0 aromatic carbocycles. The summed E-state index contributed by atoms with van der Waals surface area (Å²) < 4.78 is 0. The quantitative estimate of drug-likeness (QED) is 0.304. The van der Waals surface area contributed by atoms with Crippen LogP contribution < -0.4 is 0 Å². The standard InChI is InChI=1S/C6H9NO2.C3H4O4.CH4/c1-7(2)3-6(4-8)5-9;4-2(5)1-3(6)7;/h3-5H,1-2H3;1H2,(H,4,5)(H,6,7);1H4. The summed E-state index contributed by atoms with van der Waals surface area (Å²) >= 11 is 0. The summed E-state index contributed by atoms with van der Waals surface area (Å²) in [5, 5.41) is 15.4. The van der Waals surface area contributed by atoms with E-state index in [1.807, 2.05) is 0 Å². The van der Waals surface area contributed by atoms with Crippen LogP contribution in [-0.2, 0) is 19.2 Å². The van der Waals surface area contributed by atoms with Crippen LogP contribution in [0.15, 0.2) is 11.8 Å². The fraction of sp³-hybridized carbons (Fsp3) is 0.400. The van der Waals surface area contributed by atoms with Gasteiger partial charge in [-0.15, -0.1) is 0 Å². The molecule has 0 amide bonds. The van der Waals surface area contributed by atoms with Crippen LogP contribution in [-0.4, -0.2) is 53.7 Å². The van der Waals surface area contributed by atoms with Crippen LogP contribution in [0.2, 0.25) is 0 Å². The molecule has 7 heteroatoms. The maximum atomic E-state index is 9.95. The SMILES string of the molecule is C.CN(C)C=C(C=O)C=O.O=C(O)CC(=O)O. The molecule has 0 unspecified atom stereocenters. The van der Waals surface area contributed by atoms with Gasteiger partial charge in [-0.3, -0.25) is 19.2 Å². The van der Waals surface area contributed by atoms with Crippen molar-refractivity contribution in [1.82, 2.24) is 4.90 Å².